The summed E-state index contributed by atoms with van der Waals surface area (Å²) in [5, 5.41) is 3.28. The highest BCUT2D eigenvalue weighted by Gasteiger charge is 2.27. The SMILES string of the molecule is CCNc1cn2ccnc2c(N2CC(C)OCC2C)n1. The summed E-state index contributed by atoms with van der Waals surface area (Å²) in [6, 6.07) is 0.302. The van der Waals surface area contributed by atoms with Crippen LogP contribution in [0.15, 0.2) is 18.6 Å². The number of nitrogens with one attached hydrogen (secondary N) is 1. The van der Waals surface area contributed by atoms with Gasteiger partial charge in [0.25, 0.3) is 0 Å². The zero-order valence-corrected chi connectivity index (χ0v) is 12.2. The maximum absolute atomic E-state index is 5.70. The fraction of sp³-hybridized carbons (Fsp3) is 0.571. The van der Waals surface area contributed by atoms with Crippen molar-refractivity contribution in [3.63, 3.8) is 0 Å². The lowest BCUT2D eigenvalue weighted by Gasteiger charge is -2.37. The predicted molar refractivity (Wildman–Crippen MR) is 79.4 cm³/mol. The minimum Gasteiger partial charge on any atom is -0.375 e. The molecule has 0 radical (unpaired) electrons. The first-order chi connectivity index (χ1) is 9.69. The van der Waals surface area contributed by atoms with Crippen LogP contribution >= 0.6 is 0 Å². The standard InChI is InChI=1S/C14H21N5O/c1-4-15-12-8-18-6-5-16-13(18)14(17-12)19-7-11(3)20-9-10(19)2/h5-6,8,10-11,15H,4,7,9H2,1-3H3. The van der Waals surface area contributed by atoms with E-state index in [-0.39, 0.29) is 6.10 Å². The lowest BCUT2D eigenvalue weighted by atomic mass is 10.2. The first kappa shape index (κ1) is 13.2. The number of aromatic nitrogens is 3. The van der Waals surface area contributed by atoms with Crippen molar-refractivity contribution in [3.05, 3.63) is 18.6 Å². The molecule has 2 unspecified atom stereocenters. The highest BCUT2D eigenvalue weighted by molar-refractivity contribution is 5.67. The number of morpholine rings is 1. The van der Waals surface area contributed by atoms with Crippen molar-refractivity contribution in [2.75, 3.05) is 29.9 Å². The zero-order chi connectivity index (χ0) is 14.1. The molecule has 1 aliphatic rings. The molecule has 108 valence electrons. The summed E-state index contributed by atoms with van der Waals surface area (Å²) in [6.07, 6.45) is 5.95. The third-order valence-electron chi connectivity index (χ3n) is 3.59. The van der Waals surface area contributed by atoms with Gasteiger partial charge in [0.2, 0.25) is 0 Å². The molecule has 0 aliphatic carbocycles. The second kappa shape index (κ2) is 5.28. The van der Waals surface area contributed by atoms with Gasteiger partial charge in [-0.05, 0) is 20.8 Å². The van der Waals surface area contributed by atoms with Crippen molar-refractivity contribution in [2.45, 2.75) is 32.9 Å². The minimum absolute atomic E-state index is 0.214. The molecule has 1 fully saturated rings. The number of anilines is 2. The van der Waals surface area contributed by atoms with Crippen LogP contribution in [0.25, 0.3) is 5.65 Å². The van der Waals surface area contributed by atoms with E-state index in [1.807, 2.05) is 23.0 Å². The molecule has 1 saturated heterocycles. The van der Waals surface area contributed by atoms with Gasteiger partial charge >= 0.3 is 0 Å². The number of ether oxygens (including phenoxy) is 1. The summed E-state index contributed by atoms with van der Waals surface area (Å²) in [7, 11) is 0. The lowest BCUT2D eigenvalue weighted by molar-refractivity contribution is 0.0341. The largest absolute Gasteiger partial charge is 0.375 e. The van der Waals surface area contributed by atoms with E-state index in [4.69, 9.17) is 9.72 Å². The highest BCUT2D eigenvalue weighted by atomic mass is 16.5. The van der Waals surface area contributed by atoms with E-state index in [0.29, 0.717) is 6.04 Å². The van der Waals surface area contributed by atoms with Crippen LogP contribution in [0.5, 0.6) is 0 Å². The Bertz CT molecular complexity index is 596. The Balaban J connectivity index is 2.05. The molecule has 20 heavy (non-hydrogen) atoms. The summed E-state index contributed by atoms with van der Waals surface area (Å²) < 4.78 is 7.72. The van der Waals surface area contributed by atoms with Crippen LogP contribution in [0.3, 0.4) is 0 Å². The molecule has 2 atom stereocenters. The van der Waals surface area contributed by atoms with Gasteiger partial charge < -0.3 is 19.4 Å². The second-order valence-corrected chi connectivity index (χ2v) is 5.28. The quantitative estimate of drug-likeness (QED) is 0.925. The van der Waals surface area contributed by atoms with Crippen LogP contribution in [0, 0.1) is 0 Å². The Labute approximate surface area is 118 Å². The van der Waals surface area contributed by atoms with Crippen LogP contribution < -0.4 is 10.2 Å². The highest BCUT2D eigenvalue weighted by Crippen LogP contribution is 2.25. The number of hydrogen-bond donors (Lipinski definition) is 1. The first-order valence-electron chi connectivity index (χ1n) is 7.15. The first-order valence-corrected chi connectivity index (χ1v) is 7.15. The van der Waals surface area contributed by atoms with E-state index >= 15 is 0 Å². The number of hydrogen-bond acceptors (Lipinski definition) is 5. The molecule has 0 aromatic carbocycles. The molecular formula is C14H21N5O. The third-order valence-corrected chi connectivity index (χ3v) is 3.59. The van der Waals surface area contributed by atoms with Gasteiger partial charge in [-0.15, -0.1) is 0 Å². The van der Waals surface area contributed by atoms with Crippen LogP contribution in [-0.2, 0) is 4.74 Å². The summed E-state index contributed by atoms with van der Waals surface area (Å²) in [4.78, 5) is 11.5. The Morgan fingerprint density at radius 2 is 2.30 bits per heavy atom. The number of nitrogens with zero attached hydrogens (tertiary/aromatic N) is 4. The average molecular weight is 275 g/mol. The van der Waals surface area contributed by atoms with E-state index in [0.717, 1.165) is 37.0 Å². The van der Waals surface area contributed by atoms with E-state index in [1.165, 1.54) is 0 Å². The molecule has 0 spiro atoms. The fourth-order valence-corrected chi connectivity index (χ4v) is 2.57. The van der Waals surface area contributed by atoms with Gasteiger partial charge in [0.15, 0.2) is 11.5 Å². The van der Waals surface area contributed by atoms with Crippen molar-refractivity contribution >= 4 is 17.3 Å². The minimum atomic E-state index is 0.214. The molecule has 1 N–H and O–H groups in total. The van der Waals surface area contributed by atoms with Gasteiger partial charge in [-0.3, -0.25) is 0 Å². The number of fused-ring (bicyclic) bond motifs is 1. The van der Waals surface area contributed by atoms with Gasteiger partial charge in [-0.2, -0.15) is 0 Å². The average Bonchev–Trinajstić information content (AvgIpc) is 2.89. The van der Waals surface area contributed by atoms with E-state index in [2.05, 4.69) is 36.0 Å². The molecule has 0 saturated carbocycles. The van der Waals surface area contributed by atoms with Crippen molar-refractivity contribution in [1.82, 2.24) is 14.4 Å². The monoisotopic (exact) mass is 275 g/mol. The van der Waals surface area contributed by atoms with Crippen molar-refractivity contribution in [3.8, 4) is 0 Å². The molecule has 0 amide bonds. The van der Waals surface area contributed by atoms with Crippen molar-refractivity contribution in [1.29, 1.82) is 0 Å². The van der Waals surface area contributed by atoms with E-state index in [1.54, 1.807) is 0 Å². The molecule has 1 aliphatic heterocycles. The summed E-state index contributed by atoms with van der Waals surface area (Å²) in [5.74, 6) is 1.80. The Morgan fingerprint density at radius 3 is 3.10 bits per heavy atom. The maximum atomic E-state index is 5.70. The molecule has 3 heterocycles. The molecule has 6 heteroatoms. The lowest BCUT2D eigenvalue weighted by Crippen LogP contribution is -2.48. The zero-order valence-electron chi connectivity index (χ0n) is 12.2. The topological polar surface area (TPSA) is 54.7 Å². The molecule has 3 rings (SSSR count). The Hall–Kier alpha value is -1.82. The molecular weight excluding hydrogens is 254 g/mol. The fourth-order valence-electron chi connectivity index (χ4n) is 2.57. The molecule has 6 nitrogen and oxygen atoms in total. The molecule has 2 aromatic heterocycles. The summed E-state index contributed by atoms with van der Waals surface area (Å²) in [6.45, 7) is 8.73. The van der Waals surface area contributed by atoms with Crippen LogP contribution in [0.2, 0.25) is 0 Å². The number of rotatable bonds is 3. The summed E-state index contributed by atoms with van der Waals surface area (Å²) in [5.41, 5.74) is 0.896. The Morgan fingerprint density at radius 1 is 1.45 bits per heavy atom. The van der Waals surface area contributed by atoms with Gasteiger partial charge in [-0.1, -0.05) is 0 Å². The van der Waals surface area contributed by atoms with Gasteiger partial charge in [0.05, 0.1) is 24.9 Å². The smallest absolute Gasteiger partial charge is 0.180 e. The van der Waals surface area contributed by atoms with Crippen molar-refractivity contribution < 1.29 is 4.74 Å². The number of imidazole rings is 1. The van der Waals surface area contributed by atoms with Gasteiger partial charge in [0, 0.05) is 25.5 Å². The van der Waals surface area contributed by atoms with Gasteiger partial charge in [-0.25, -0.2) is 9.97 Å². The normalized spacial score (nSPS) is 23.2. The van der Waals surface area contributed by atoms with Crippen LogP contribution in [-0.4, -0.2) is 46.2 Å². The molecule has 0 bridgehead atoms. The third kappa shape index (κ3) is 2.31. The second-order valence-electron chi connectivity index (χ2n) is 5.28. The van der Waals surface area contributed by atoms with E-state index < -0.39 is 0 Å². The van der Waals surface area contributed by atoms with Crippen LogP contribution in [0.4, 0.5) is 11.6 Å². The van der Waals surface area contributed by atoms with Crippen LogP contribution in [0.1, 0.15) is 20.8 Å². The Kier molecular flexibility index (Phi) is 3.48. The predicted octanol–water partition coefficient (Wildman–Crippen LogP) is 1.77. The van der Waals surface area contributed by atoms with Gasteiger partial charge in [0.1, 0.15) is 5.82 Å². The summed E-state index contributed by atoms with van der Waals surface area (Å²) >= 11 is 0. The maximum Gasteiger partial charge on any atom is 0.180 e. The van der Waals surface area contributed by atoms with Crippen molar-refractivity contribution in [2.24, 2.45) is 0 Å². The van der Waals surface area contributed by atoms with E-state index in [9.17, 15) is 0 Å². The molecule has 2 aromatic rings.